The molecular formula is C27H44IN3O7S. The first-order valence-corrected chi connectivity index (χ1v) is 15.1. The first kappa shape index (κ1) is 36.9. The minimum Gasteiger partial charge on any atom is -0.456 e. The zero-order valence-corrected chi connectivity index (χ0v) is 27.7. The van der Waals surface area contributed by atoms with Crippen molar-refractivity contribution in [2.24, 2.45) is 11.8 Å². The van der Waals surface area contributed by atoms with E-state index in [9.17, 15) is 24.0 Å². The van der Waals surface area contributed by atoms with Crippen molar-refractivity contribution in [3.63, 3.8) is 0 Å². The lowest BCUT2D eigenvalue weighted by molar-refractivity contribution is -0.149. The molecule has 0 aromatic rings. The molecular weight excluding hydrogens is 637 g/mol. The van der Waals surface area contributed by atoms with Crippen molar-refractivity contribution >= 4 is 63.3 Å². The van der Waals surface area contributed by atoms with Crippen LogP contribution in [0.5, 0.6) is 0 Å². The summed E-state index contributed by atoms with van der Waals surface area (Å²) in [6, 6.07) is -1.85. The number of amides is 3. The number of nitrogens with one attached hydrogen (secondary N) is 2. The fourth-order valence-corrected chi connectivity index (χ4v) is 4.33. The molecule has 10 nitrogen and oxygen atoms in total. The average Bonchev–Trinajstić information content (AvgIpc) is 2.82. The van der Waals surface area contributed by atoms with Gasteiger partial charge in [-0.3, -0.25) is 19.2 Å². The van der Waals surface area contributed by atoms with Gasteiger partial charge in [0.05, 0.1) is 0 Å². The Kier molecular flexibility index (Phi) is 16.0. The van der Waals surface area contributed by atoms with Crippen LogP contribution >= 0.6 is 34.4 Å². The molecule has 0 rings (SSSR count). The monoisotopic (exact) mass is 681 g/mol. The lowest BCUT2D eigenvalue weighted by Crippen LogP contribution is -2.56. The molecule has 0 aliphatic carbocycles. The van der Waals surface area contributed by atoms with Crippen LogP contribution in [0.4, 0.5) is 4.79 Å². The van der Waals surface area contributed by atoms with Gasteiger partial charge in [-0.05, 0) is 56.4 Å². The third-order valence-corrected chi connectivity index (χ3v) is 7.33. The Labute approximate surface area is 250 Å². The van der Waals surface area contributed by atoms with Gasteiger partial charge in [0.1, 0.15) is 30.3 Å². The molecule has 222 valence electrons. The Bertz CT molecular complexity index is 946. The number of esters is 1. The summed E-state index contributed by atoms with van der Waals surface area (Å²) < 4.78 is 12.7. The highest BCUT2D eigenvalue weighted by Gasteiger charge is 2.34. The van der Waals surface area contributed by atoms with Gasteiger partial charge in [-0.1, -0.05) is 67.3 Å². The first-order chi connectivity index (χ1) is 17.9. The molecule has 0 heterocycles. The summed E-state index contributed by atoms with van der Waals surface area (Å²) in [4.78, 5) is 63.9. The van der Waals surface area contributed by atoms with Crippen molar-refractivity contribution < 1.29 is 33.4 Å². The van der Waals surface area contributed by atoms with Crippen molar-refractivity contribution in [3.8, 4) is 0 Å². The lowest BCUT2D eigenvalue weighted by Gasteiger charge is -2.32. The topological polar surface area (TPSA) is 131 Å². The average molecular weight is 682 g/mol. The van der Waals surface area contributed by atoms with Crippen molar-refractivity contribution in [2.75, 3.05) is 19.8 Å². The quantitative estimate of drug-likeness (QED) is 0.168. The van der Waals surface area contributed by atoms with E-state index < -0.39 is 54.2 Å². The molecule has 0 aromatic heterocycles. The smallest absolute Gasteiger partial charge is 0.408 e. The van der Waals surface area contributed by atoms with Gasteiger partial charge in [0.15, 0.2) is 5.12 Å². The number of thioether (sulfide) groups is 1. The number of nitrogens with zero attached hydrogens (tertiary/aromatic N) is 1. The second kappa shape index (κ2) is 16.9. The summed E-state index contributed by atoms with van der Waals surface area (Å²) in [6.07, 6.45) is 0.465. The number of carbonyl (C=O) groups excluding carboxylic acids is 5. The largest absolute Gasteiger partial charge is 0.456 e. The number of ether oxygens (including phenoxy) is 2. The summed E-state index contributed by atoms with van der Waals surface area (Å²) in [5, 5.41) is 5.01. The molecule has 4 atom stereocenters. The number of likely N-dealkylation sites (N-methyl/N-ethyl adjacent to an activating group) is 1. The first-order valence-electron chi connectivity index (χ1n) is 12.6. The van der Waals surface area contributed by atoms with Crippen molar-refractivity contribution in [1.82, 2.24) is 15.5 Å². The summed E-state index contributed by atoms with van der Waals surface area (Å²) in [5.41, 5.74) is 0.690. The van der Waals surface area contributed by atoms with Crippen LogP contribution in [-0.2, 0) is 28.7 Å². The van der Waals surface area contributed by atoms with E-state index in [0.29, 0.717) is 5.57 Å². The summed E-state index contributed by atoms with van der Waals surface area (Å²) in [5.74, 6) is -2.32. The second-order valence-electron chi connectivity index (χ2n) is 10.7. The fourth-order valence-electron chi connectivity index (χ4n) is 3.65. The number of rotatable bonds is 13. The molecule has 0 saturated heterocycles. The third-order valence-electron chi connectivity index (χ3n) is 5.75. The maximum Gasteiger partial charge on any atom is 0.408 e. The van der Waals surface area contributed by atoms with Crippen LogP contribution in [0, 0.1) is 11.8 Å². The predicted molar refractivity (Wildman–Crippen MR) is 162 cm³/mol. The molecule has 0 saturated carbocycles. The van der Waals surface area contributed by atoms with Gasteiger partial charge in [0, 0.05) is 19.4 Å². The summed E-state index contributed by atoms with van der Waals surface area (Å²) in [6.45, 7) is 17.4. The van der Waals surface area contributed by atoms with Gasteiger partial charge in [-0.25, -0.2) is 4.79 Å². The van der Waals surface area contributed by atoms with E-state index in [1.54, 1.807) is 45.0 Å². The van der Waals surface area contributed by atoms with Crippen LogP contribution in [0.2, 0.25) is 0 Å². The molecule has 3 amide bonds. The van der Waals surface area contributed by atoms with Gasteiger partial charge >= 0.3 is 12.1 Å². The van der Waals surface area contributed by atoms with E-state index in [2.05, 4.69) is 17.2 Å². The lowest BCUT2D eigenvalue weighted by atomic mass is 9.91. The SMILES string of the molecule is C=C(CC(=O)SC)[C@@H](C)[C@@H](OC(=O)CNC(=O)[C@H](C(C)C)N(C)C(=O)[C@H](C)NC(=O)OC(C)(C)C)/C(C)=C/I. The van der Waals surface area contributed by atoms with Crippen LogP contribution in [-0.4, -0.2) is 77.5 Å². The zero-order chi connectivity index (χ0) is 30.7. The van der Waals surface area contributed by atoms with Gasteiger partial charge in [0.2, 0.25) is 11.8 Å². The van der Waals surface area contributed by atoms with E-state index in [1.165, 1.54) is 18.9 Å². The molecule has 12 heteroatoms. The molecule has 2 N–H and O–H groups in total. The van der Waals surface area contributed by atoms with Crippen molar-refractivity contribution in [3.05, 3.63) is 21.8 Å². The van der Waals surface area contributed by atoms with E-state index in [-0.39, 0.29) is 23.4 Å². The highest BCUT2D eigenvalue weighted by Crippen LogP contribution is 2.26. The van der Waals surface area contributed by atoms with Gasteiger partial charge in [0.25, 0.3) is 0 Å². The van der Waals surface area contributed by atoms with Crippen LogP contribution in [0.25, 0.3) is 0 Å². The molecule has 0 aliphatic heterocycles. The Balaban J connectivity index is 5.35. The minimum atomic E-state index is -0.944. The van der Waals surface area contributed by atoms with Crippen molar-refractivity contribution in [1.29, 1.82) is 0 Å². The van der Waals surface area contributed by atoms with Gasteiger partial charge in [-0.15, -0.1) is 0 Å². The normalized spacial score (nSPS) is 14.9. The molecule has 0 radical (unpaired) electrons. The Hall–Kier alpha value is -2.09. The predicted octanol–water partition coefficient (Wildman–Crippen LogP) is 4.22. The fraction of sp³-hybridized carbons (Fsp3) is 0.667. The maximum atomic E-state index is 13.0. The van der Waals surface area contributed by atoms with Crippen LogP contribution < -0.4 is 10.6 Å². The Morgan fingerprint density at radius 2 is 1.67 bits per heavy atom. The molecule has 0 bridgehead atoms. The minimum absolute atomic E-state index is 0.0331. The summed E-state index contributed by atoms with van der Waals surface area (Å²) in [7, 11) is 1.46. The molecule has 0 aromatic carbocycles. The number of halogens is 1. The number of alkyl carbamates (subject to hydrolysis) is 1. The standard InChI is InChI=1S/C27H44IN3O7S/c1-15(2)22(31(10)25(35)19(6)30-26(36)38-27(7,8)9)24(34)29-14-20(32)37-23(17(4)13-28)18(5)16(3)12-21(33)39-11/h13,15,18-19,22-23H,3,12,14H2,1-2,4-11H3,(H,29,34)(H,30,36)/b17-13+/t18-,19+,22+,23+/m1/s1. The highest BCUT2D eigenvalue weighted by molar-refractivity contribution is 14.1. The van der Waals surface area contributed by atoms with Crippen molar-refractivity contribution in [2.45, 2.75) is 85.6 Å². The molecule has 0 fully saturated rings. The van der Waals surface area contributed by atoms with E-state index in [4.69, 9.17) is 9.47 Å². The molecule has 0 unspecified atom stereocenters. The zero-order valence-electron chi connectivity index (χ0n) is 24.7. The number of carbonyl (C=O) groups is 5. The van der Waals surface area contributed by atoms with E-state index >= 15 is 0 Å². The van der Waals surface area contributed by atoms with Crippen LogP contribution in [0.3, 0.4) is 0 Å². The van der Waals surface area contributed by atoms with Gasteiger partial charge in [-0.2, -0.15) is 0 Å². The highest BCUT2D eigenvalue weighted by atomic mass is 127. The third kappa shape index (κ3) is 13.2. The number of hydrogen-bond donors (Lipinski definition) is 2. The maximum absolute atomic E-state index is 13.0. The van der Waals surface area contributed by atoms with Gasteiger partial charge < -0.3 is 25.0 Å². The summed E-state index contributed by atoms with van der Waals surface area (Å²) >= 11 is 3.16. The Morgan fingerprint density at radius 1 is 1.10 bits per heavy atom. The molecule has 0 spiro atoms. The van der Waals surface area contributed by atoms with E-state index in [0.717, 1.165) is 17.3 Å². The molecule has 0 aliphatic rings. The second-order valence-corrected chi connectivity index (χ2v) is 12.2. The van der Waals surface area contributed by atoms with E-state index in [1.807, 2.05) is 36.4 Å². The Morgan fingerprint density at radius 3 is 2.13 bits per heavy atom. The number of hydrogen-bond acceptors (Lipinski definition) is 8. The molecule has 39 heavy (non-hydrogen) atoms. The van der Waals surface area contributed by atoms with Crippen LogP contribution in [0.1, 0.15) is 61.8 Å². The van der Waals surface area contributed by atoms with Crippen LogP contribution in [0.15, 0.2) is 21.8 Å².